The molecule has 0 atom stereocenters. The van der Waals surface area contributed by atoms with Gasteiger partial charge >= 0.3 is 0 Å². The van der Waals surface area contributed by atoms with E-state index >= 15 is 0 Å². The highest BCUT2D eigenvalue weighted by Gasteiger charge is 2.07. The van der Waals surface area contributed by atoms with E-state index in [1.807, 2.05) is 29.6 Å². The molecule has 0 spiro atoms. The molecule has 2 aromatic heterocycles. The van der Waals surface area contributed by atoms with E-state index in [1.54, 1.807) is 23.5 Å². The summed E-state index contributed by atoms with van der Waals surface area (Å²) in [5.41, 5.74) is 1.49. The van der Waals surface area contributed by atoms with Crippen molar-refractivity contribution < 1.29 is 9.59 Å². The summed E-state index contributed by atoms with van der Waals surface area (Å²) in [6.45, 7) is 1.46. The second-order valence-electron chi connectivity index (χ2n) is 4.72. The predicted octanol–water partition coefficient (Wildman–Crippen LogP) is 3.97. The normalized spacial score (nSPS) is 11.0. The number of nitrogens with one attached hydrogen (secondary N) is 2. The zero-order valence-electron chi connectivity index (χ0n) is 12.2. The number of anilines is 2. The van der Waals surface area contributed by atoms with E-state index in [2.05, 4.69) is 15.6 Å². The summed E-state index contributed by atoms with van der Waals surface area (Å²) in [7, 11) is 0. The van der Waals surface area contributed by atoms with Gasteiger partial charge in [0.05, 0.1) is 10.2 Å². The molecule has 0 aliphatic carbocycles. The lowest BCUT2D eigenvalue weighted by Gasteiger charge is -1.99. The summed E-state index contributed by atoms with van der Waals surface area (Å²) >= 11 is 2.93. The molecule has 23 heavy (non-hydrogen) atoms. The van der Waals surface area contributed by atoms with Gasteiger partial charge in [-0.15, -0.1) is 11.3 Å². The molecule has 7 heteroatoms. The summed E-state index contributed by atoms with van der Waals surface area (Å²) in [6, 6.07) is 9.31. The summed E-state index contributed by atoms with van der Waals surface area (Å²) in [4.78, 5) is 28.4. The molecule has 0 bridgehead atoms. The Labute approximate surface area is 140 Å². The number of benzene rings is 1. The molecule has 3 rings (SSSR count). The van der Waals surface area contributed by atoms with Crippen molar-refractivity contribution in [1.29, 1.82) is 0 Å². The molecular weight excluding hydrogens is 330 g/mol. The van der Waals surface area contributed by atoms with Gasteiger partial charge in [-0.2, -0.15) is 0 Å². The van der Waals surface area contributed by atoms with Crippen LogP contribution in [0, 0.1) is 0 Å². The van der Waals surface area contributed by atoms with E-state index in [1.165, 1.54) is 24.3 Å². The second-order valence-corrected chi connectivity index (χ2v) is 6.73. The third-order valence-electron chi connectivity index (χ3n) is 2.88. The van der Waals surface area contributed by atoms with Crippen molar-refractivity contribution in [2.45, 2.75) is 6.92 Å². The molecule has 0 fully saturated rings. The molecule has 0 radical (unpaired) electrons. The summed E-state index contributed by atoms with van der Waals surface area (Å²) in [5.74, 6) is -0.347. The molecule has 0 unspecified atom stereocenters. The monoisotopic (exact) mass is 343 g/mol. The number of thiophene rings is 1. The highest BCUT2D eigenvalue weighted by atomic mass is 32.1. The van der Waals surface area contributed by atoms with Gasteiger partial charge in [0, 0.05) is 23.6 Å². The maximum Gasteiger partial charge on any atom is 0.250 e. The van der Waals surface area contributed by atoms with Crippen LogP contribution in [0.4, 0.5) is 10.8 Å². The minimum Gasteiger partial charge on any atom is -0.326 e. The van der Waals surface area contributed by atoms with E-state index < -0.39 is 0 Å². The highest BCUT2D eigenvalue weighted by Crippen LogP contribution is 2.28. The average molecular weight is 343 g/mol. The lowest BCUT2D eigenvalue weighted by atomic mass is 10.3. The van der Waals surface area contributed by atoms with E-state index in [9.17, 15) is 9.59 Å². The number of thiazole rings is 1. The molecule has 0 aliphatic rings. The molecule has 0 saturated heterocycles. The number of aromatic nitrogens is 1. The van der Waals surface area contributed by atoms with Gasteiger partial charge in [-0.1, -0.05) is 17.4 Å². The first-order valence-corrected chi connectivity index (χ1v) is 8.50. The predicted molar refractivity (Wildman–Crippen MR) is 95.9 cm³/mol. The topological polar surface area (TPSA) is 71.1 Å². The second kappa shape index (κ2) is 6.72. The Morgan fingerprint density at radius 1 is 1.22 bits per heavy atom. The standard InChI is InChI=1S/C16H13N3O2S2/c1-10(20)17-11-4-6-13-14(9-11)23-16(18-13)19-15(21)7-5-12-3-2-8-22-12/h2-9H,1H3,(H,17,20)(H,18,19,21). The van der Waals surface area contributed by atoms with E-state index in [4.69, 9.17) is 0 Å². The third kappa shape index (κ3) is 4.02. The zero-order chi connectivity index (χ0) is 16.2. The zero-order valence-corrected chi connectivity index (χ0v) is 13.8. The lowest BCUT2D eigenvalue weighted by Crippen LogP contribution is -2.06. The first-order valence-electron chi connectivity index (χ1n) is 6.81. The lowest BCUT2D eigenvalue weighted by molar-refractivity contribution is -0.114. The molecule has 116 valence electrons. The molecule has 3 aromatic rings. The largest absolute Gasteiger partial charge is 0.326 e. The number of fused-ring (bicyclic) bond motifs is 1. The first-order chi connectivity index (χ1) is 11.1. The van der Waals surface area contributed by atoms with Crippen LogP contribution in [0.25, 0.3) is 16.3 Å². The Morgan fingerprint density at radius 2 is 2.09 bits per heavy atom. The molecule has 2 N–H and O–H groups in total. The molecule has 2 heterocycles. The number of rotatable bonds is 4. The Kier molecular flexibility index (Phi) is 4.50. The molecule has 5 nitrogen and oxygen atoms in total. The van der Waals surface area contributed by atoms with Crippen molar-refractivity contribution in [1.82, 2.24) is 4.98 Å². The minimum atomic E-state index is -0.223. The molecular formula is C16H13N3O2S2. The summed E-state index contributed by atoms with van der Waals surface area (Å²) in [5, 5.41) is 7.96. The third-order valence-corrected chi connectivity index (χ3v) is 4.65. The van der Waals surface area contributed by atoms with Gasteiger partial charge in [0.1, 0.15) is 0 Å². The Balaban J connectivity index is 1.72. The highest BCUT2D eigenvalue weighted by molar-refractivity contribution is 7.22. The van der Waals surface area contributed by atoms with Crippen molar-refractivity contribution in [2.75, 3.05) is 10.6 Å². The fraction of sp³-hybridized carbons (Fsp3) is 0.0625. The van der Waals surface area contributed by atoms with Gasteiger partial charge in [0.2, 0.25) is 11.8 Å². The van der Waals surface area contributed by atoms with Gasteiger partial charge in [-0.05, 0) is 35.7 Å². The molecule has 2 amide bonds. The van der Waals surface area contributed by atoms with Crippen molar-refractivity contribution in [3.63, 3.8) is 0 Å². The Bertz CT molecular complexity index is 882. The van der Waals surface area contributed by atoms with E-state index in [0.29, 0.717) is 10.8 Å². The smallest absolute Gasteiger partial charge is 0.250 e. The fourth-order valence-electron chi connectivity index (χ4n) is 1.95. The van der Waals surface area contributed by atoms with Crippen LogP contribution in [-0.2, 0) is 9.59 Å². The number of hydrogen-bond donors (Lipinski definition) is 2. The van der Waals surface area contributed by atoms with Crippen LogP contribution in [0.3, 0.4) is 0 Å². The van der Waals surface area contributed by atoms with Crippen molar-refractivity contribution in [3.8, 4) is 0 Å². The van der Waals surface area contributed by atoms with Crippen molar-refractivity contribution in [2.24, 2.45) is 0 Å². The SMILES string of the molecule is CC(=O)Nc1ccc2nc(NC(=O)C=Cc3cccs3)sc2c1. The van der Waals surface area contributed by atoms with Crippen LogP contribution in [0.15, 0.2) is 41.8 Å². The van der Waals surface area contributed by atoms with Crippen LogP contribution in [0.1, 0.15) is 11.8 Å². The maximum atomic E-state index is 11.9. The van der Waals surface area contributed by atoms with E-state index in [0.717, 1.165) is 15.1 Å². The molecule has 1 aromatic carbocycles. The van der Waals surface area contributed by atoms with Crippen molar-refractivity contribution in [3.05, 3.63) is 46.7 Å². The van der Waals surface area contributed by atoms with Gasteiger partial charge in [-0.25, -0.2) is 4.98 Å². The van der Waals surface area contributed by atoms with Crippen molar-refractivity contribution >= 4 is 61.6 Å². The van der Waals surface area contributed by atoms with Gasteiger partial charge in [-0.3, -0.25) is 14.9 Å². The van der Waals surface area contributed by atoms with Crippen LogP contribution in [-0.4, -0.2) is 16.8 Å². The molecule has 0 aliphatic heterocycles. The van der Waals surface area contributed by atoms with E-state index in [-0.39, 0.29) is 11.8 Å². The fourth-order valence-corrected chi connectivity index (χ4v) is 3.48. The number of nitrogens with zero attached hydrogens (tertiary/aromatic N) is 1. The number of amides is 2. The quantitative estimate of drug-likeness (QED) is 0.704. The number of carbonyl (C=O) groups is 2. The average Bonchev–Trinajstić information content (AvgIpc) is 3.12. The summed E-state index contributed by atoms with van der Waals surface area (Å²) < 4.78 is 0.897. The van der Waals surface area contributed by atoms with Gasteiger partial charge < -0.3 is 5.32 Å². The Morgan fingerprint density at radius 3 is 2.83 bits per heavy atom. The molecule has 0 saturated carbocycles. The van der Waals surface area contributed by atoms with Crippen LogP contribution in [0.5, 0.6) is 0 Å². The number of carbonyl (C=O) groups excluding carboxylic acids is 2. The minimum absolute atomic E-state index is 0.124. The van der Waals surface area contributed by atoms with Gasteiger partial charge in [0.15, 0.2) is 5.13 Å². The van der Waals surface area contributed by atoms with Crippen LogP contribution in [0.2, 0.25) is 0 Å². The van der Waals surface area contributed by atoms with Crippen LogP contribution < -0.4 is 10.6 Å². The Hall–Kier alpha value is -2.51. The summed E-state index contributed by atoms with van der Waals surface area (Å²) in [6.07, 6.45) is 3.25. The van der Waals surface area contributed by atoms with Gasteiger partial charge in [0.25, 0.3) is 0 Å². The maximum absolute atomic E-state index is 11.9. The van der Waals surface area contributed by atoms with Crippen LogP contribution >= 0.6 is 22.7 Å². The number of hydrogen-bond acceptors (Lipinski definition) is 5. The first kappa shape index (κ1) is 15.4.